The number of fused-ring (bicyclic) bond motifs is 1. The largest absolute Gasteiger partial charge is 0.383 e. The minimum Gasteiger partial charge on any atom is -0.383 e. The van der Waals surface area contributed by atoms with Crippen molar-refractivity contribution in [2.75, 3.05) is 17.2 Å². The monoisotopic (exact) mass is 232 g/mol. The maximum atomic E-state index is 3.71. The van der Waals surface area contributed by atoms with E-state index in [4.69, 9.17) is 0 Å². The molecule has 1 aliphatic rings. The number of hydrogen-bond acceptors (Lipinski definition) is 2. The summed E-state index contributed by atoms with van der Waals surface area (Å²) < 4.78 is 0. The Balaban J connectivity index is 2.02. The summed E-state index contributed by atoms with van der Waals surface area (Å²) in [6.07, 6.45) is 5.18. The van der Waals surface area contributed by atoms with Gasteiger partial charge in [0.05, 0.1) is 11.4 Å². The van der Waals surface area contributed by atoms with Gasteiger partial charge in [0, 0.05) is 12.6 Å². The Labute approximate surface area is 105 Å². The van der Waals surface area contributed by atoms with E-state index < -0.39 is 0 Å². The van der Waals surface area contributed by atoms with E-state index in [9.17, 15) is 0 Å². The van der Waals surface area contributed by atoms with Crippen molar-refractivity contribution < 1.29 is 0 Å². The number of unbranched alkanes of at least 4 members (excludes halogenated alkanes) is 1. The molecule has 1 heterocycles. The Kier molecular flexibility index (Phi) is 4.29. The van der Waals surface area contributed by atoms with Crippen molar-refractivity contribution in [2.24, 2.45) is 5.92 Å². The average Bonchev–Trinajstić information content (AvgIpc) is 2.58. The molecule has 17 heavy (non-hydrogen) atoms. The molecule has 0 amide bonds. The molecule has 1 aliphatic heterocycles. The molecule has 2 heteroatoms. The van der Waals surface area contributed by atoms with Gasteiger partial charge in [-0.25, -0.2) is 0 Å². The lowest BCUT2D eigenvalue weighted by atomic mass is 9.93. The van der Waals surface area contributed by atoms with Crippen LogP contribution in [0.3, 0.4) is 0 Å². The Bertz CT molecular complexity index is 349. The second kappa shape index (κ2) is 5.95. The first kappa shape index (κ1) is 12.3. The zero-order chi connectivity index (χ0) is 12.1. The SMILES string of the molecule is CCCCC(C)C1CCNc2ccccc2N1. The lowest BCUT2D eigenvalue weighted by Gasteiger charge is -2.24. The summed E-state index contributed by atoms with van der Waals surface area (Å²) in [5.41, 5.74) is 2.51. The molecule has 2 rings (SSSR count). The lowest BCUT2D eigenvalue weighted by Crippen LogP contribution is -2.27. The Morgan fingerprint density at radius 1 is 1.29 bits per heavy atom. The van der Waals surface area contributed by atoms with Gasteiger partial charge in [-0.15, -0.1) is 0 Å². The Morgan fingerprint density at radius 2 is 2.06 bits per heavy atom. The van der Waals surface area contributed by atoms with Gasteiger partial charge < -0.3 is 10.6 Å². The smallest absolute Gasteiger partial charge is 0.0578 e. The van der Waals surface area contributed by atoms with Crippen LogP contribution in [0.2, 0.25) is 0 Å². The van der Waals surface area contributed by atoms with E-state index in [0.29, 0.717) is 6.04 Å². The highest BCUT2D eigenvalue weighted by Gasteiger charge is 2.20. The maximum absolute atomic E-state index is 3.71. The van der Waals surface area contributed by atoms with Crippen LogP contribution in [0.1, 0.15) is 39.5 Å². The minimum atomic E-state index is 0.609. The van der Waals surface area contributed by atoms with E-state index in [-0.39, 0.29) is 0 Å². The second-order valence-electron chi connectivity index (χ2n) is 5.13. The van der Waals surface area contributed by atoms with Crippen LogP contribution < -0.4 is 10.6 Å². The van der Waals surface area contributed by atoms with Crippen molar-refractivity contribution in [1.82, 2.24) is 0 Å². The predicted molar refractivity (Wildman–Crippen MR) is 75.6 cm³/mol. The Hall–Kier alpha value is -1.18. The normalized spacial score (nSPS) is 20.7. The number of benzene rings is 1. The summed E-state index contributed by atoms with van der Waals surface area (Å²) >= 11 is 0. The van der Waals surface area contributed by atoms with Crippen molar-refractivity contribution in [3.63, 3.8) is 0 Å². The molecular formula is C15H24N2. The molecular weight excluding hydrogens is 208 g/mol. The van der Waals surface area contributed by atoms with Crippen molar-refractivity contribution in [1.29, 1.82) is 0 Å². The van der Waals surface area contributed by atoms with Crippen LogP contribution in [-0.4, -0.2) is 12.6 Å². The van der Waals surface area contributed by atoms with E-state index in [0.717, 1.165) is 12.5 Å². The number of anilines is 2. The maximum Gasteiger partial charge on any atom is 0.0578 e. The molecule has 0 fully saturated rings. The fourth-order valence-corrected chi connectivity index (χ4v) is 2.55. The van der Waals surface area contributed by atoms with Gasteiger partial charge in [-0.1, -0.05) is 38.8 Å². The molecule has 0 saturated heterocycles. The summed E-state index contributed by atoms with van der Waals surface area (Å²) in [6.45, 7) is 5.72. The first-order valence-electron chi connectivity index (χ1n) is 6.90. The summed E-state index contributed by atoms with van der Waals surface area (Å²) in [7, 11) is 0. The molecule has 0 radical (unpaired) electrons. The third kappa shape index (κ3) is 3.15. The Morgan fingerprint density at radius 3 is 2.82 bits per heavy atom. The van der Waals surface area contributed by atoms with Gasteiger partial charge in [0.1, 0.15) is 0 Å². The van der Waals surface area contributed by atoms with Gasteiger partial charge in [0.25, 0.3) is 0 Å². The molecule has 0 aromatic heterocycles. The van der Waals surface area contributed by atoms with Gasteiger partial charge in [-0.3, -0.25) is 0 Å². The summed E-state index contributed by atoms with van der Waals surface area (Å²) in [6, 6.07) is 9.13. The first-order valence-corrected chi connectivity index (χ1v) is 6.90. The van der Waals surface area contributed by atoms with Crippen LogP contribution in [0.4, 0.5) is 11.4 Å². The molecule has 1 aromatic rings. The van der Waals surface area contributed by atoms with E-state index in [1.165, 1.54) is 37.1 Å². The summed E-state index contributed by atoms with van der Waals surface area (Å²) in [5.74, 6) is 0.753. The van der Waals surface area contributed by atoms with Gasteiger partial charge in [-0.2, -0.15) is 0 Å². The third-order valence-electron chi connectivity index (χ3n) is 3.74. The van der Waals surface area contributed by atoms with E-state index in [1.807, 2.05) is 0 Å². The number of rotatable bonds is 4. The van der Waals surface area contributed by atoms with Crippen LogP contribution in [-0.2, 0) is 0 Å². The molecule has 2 N–H and O–H groups in total. The second-order valence-corrected chi connectivity index (χ2v) is 5.13. The van der Waals surface area contributed by atoms with E-state index >= 15 is 0 Å². The fraction of sp³-hybridized carbons (Fsp3) is 0.600. The number of nitrogens with one attached hydrogen (secondary N) is 2. The molecule has 0 bridgehead atoms. The number of para-hydroxylation sites is 2. The molecule has 0 spiro atoms. The highest BCUT2D eigenvalue weighted by Crippen LogP contribution is 2.28. The van der Waals surface area contributed by atoms with Gasteiger partial charge in [0.2, 0.25) is 0 Å². The zero-order valence-corrected chi connectivity index (χ0v) is 11.0. The molecule has 2 unspecified atom stereocenters. The lowest BCUT2D eigenvalue weighted by molar-refractivity contribution is 0.424. The standard InChI is InChI=1S/C15H24N2/c1-3-4-7-12(2)13-10-11-16-14-8-5-6-9-15(14)17-13/h5-6,8-9,12-13,16-17H,3-4,7,10-11H2,1-2H3. The van der Waals surface area contributed by atoms with Gasteiger partial charge in [0.15, 0.2) is 0 Å². The summed E-state index contributed by atoms with van der Waals surface area (Å²) in [4.78, 5) is 0. The van der Waals surface area contributed by atoms with Crippen LogP contribution in [0.15, 0.2) is 24.3 Å². The highest BCUT2D eigenvalue weighted by atomic mass is 15.0. The van der Waals surface area contributed by atoms with Crippen LogP contribution >= 0.6 is 0 Å². The molecule has 2 nitrogen and oxygen atoms in total. The predicted octanol–water partition coefficient (Wildman–Crippen LogP) is 4.11. The van der Waals surface area contributed by atoms with Crippen molar-refractivity contribution in [2.45, 2.75) is 45.6 Å². The van der Waals surface area contributed by atoms with E-state index in [1.54, 1.807) is 0 Å². The van der Waals surface area contributed by atoms with Crippen molar-refractivity contribution >= 4 is 11.4 Å². The van der Waals surface area contributed by atoms with E-state index in [2.05, 4.69) is 48.7 Å². The van der Waals surface area contributed by atoms with Gasteiger partial charge >= 0.3 is 0 Å². The fourth-order valence-electron chi connectivity index (χ4n) is 2.55. The topological polar surface area (TPSA) is 24.1 Å². The summed E-state index contributed by atoms with van der Waals surface area (Å²) in [5, 5.41) is 7.21. The number of hydrogen-bond donors (Lipinski definition) is 2. The molecule has 0 aliphatic carbocycles. The first-order chi connectivity index (χ1) is 8.31. The molecule has 0 saturated carbocycles. The molecule has 94 valence electrons. The zero-order valence-electron chi connectivity index (χ0n) is 11.0. The minimum absolute atomic E-state index is 0.609. The van der Waals surface area contributed by atoms with Crippen LogP contribution in [0.25, 0.3) is 0 Å². The van der Waals surface area contributed by atoms with Crippen molar-refractivity contribution in [3.8, 4) is 0 Å². The van der Waals surface area contributed by atoms with Gasteiger partial charge in [-0.05, 0) is 30.9 Å². The quantitative estimate of drug-likeness (QED) is 0.816. The third-order valence-corrected chi connectivity index (χ3v) is 3.74. The van der Waals surface area contributed by atoms with Crippen molar-refractivity contribution in [3.05, 3.63) is 24.3 Å². The molecule has 1 aromatic carbocycles. The van der Waals surface area contributed by atoms with Crippen LogP contribution in [0, 0.1) is 5.92 Å². The average molecular weight is 232 g/mol. The molecule has 2 atom stereocenters. The van der Waals surface area contributed by atoms with Crippen LogP contribution in [0.5, 0.6) is 0 Å². The highest BCUT2D eigenvalue weighted by molar-refractivity contribution is 5.69.